The Kier molecular flexibility index (Phi) is 6.67. The van der Waals surface area contributed by atoms with Crippen molar-refractivity contribution >= 4 is 28.5 Å². The van der Waals surface area contributed by atoms with Crippen LogP contribution in [0.2, 0.25) is 0 Å². The van der Waals surface area contributed by atoms with Gasteiger partial charge in [0.1, 0.15) is 5.69 Å². The zero-order valence-corrected chi connectivity index (χ0v) is 17.4. The van der Waals surface area contributed by atoms with Gasteiger partial charge in [0.15, 0.2) is 0 Å². The maximum atomic E-state index is 11.3. The van der Waals surface area contributed by atoms with Gasteiger partial charge in [0.05, 0.1) is 0 Å². The molecule has 7 heteroatoms. The fourth-order valence-electron chi connectivity index (χ4n) is 3.16. The Bertz CT molecular complexity index is 1180. The van der Waals surface area contributed by atoms with Gasteiger partial charge in [0.2, 0.25) is 5.91 Å². The van der Waals surface area contributed by atoms with Crippen LogP contribution in [0.5, 0.6) is 0 Å². The number of fused-ring (bicyclic) bond motifs is 1. The van der Waals surface area contributed by atoms with Gasteiger partial charge in [-0.05, 0) is 48.0 Å². The van der Waals surface area contributed by atoms with E-state index in [-0.39, 0.29) is 5.91 Å². The first kappa shape index (κ1) is 21.6. The number of aromatic nitrogens is 2. The summed E-state index contributed by atoms with van der Waals surface area (Å²) in [5, 5.41) is 10.2. The first-order valence-electron chi connectivity index (χ1n) is 9.64. The molecule has 158 valence electrons. The maximum absolute atomic E-state index is 11.3. The normalized spacial score (nSPS) is 10.3. The van der Waals surface area contributed by atoms with E-state index in [9.17, 15) is 14.7 Å². The summed E-state index contributed by atoms with van der Waals surface area (Å²) in [5.74, 6) is -1.31. The van der Waals surface area contributed by atoms with Crippen molar-refractivity contribution in [1.82, 2.24) is 9.55 Å². The first-order valence-corrected chi connectivity index (χ1v) is 9.64. The van der Waals surface area contributed by atoms with Gasteiger partial charge in [-0.1, -0.05) is 24.3 Å². The molecule has 0 radical (unpaired) electrons. The summed E-state index contributed by atoms with van der Waals surface area (Å²) in [7, 11) is 3.89. The Labute approximate surface area is 180 Å². The molecule has 3 N–H and O–H groups in total. The lowest BCUT2D eigenvalue weighted by molar-refractivity contribution is 0.0686. The molecule has 0 fully saturated rings. The van der Waals surface area contributed by atoms with Gasteiger partial charge in [-0.3, -0.25) is 9.78 Å². The Morgan fingerprint density at radius 3 is 2.32 bits per heavy atom. The standard InChI is InChI=1S/C15H12N2O2.C9H12N2O/c18-15(19)14-8-12-5-1-2-6-13(12)17(14)10-11-4-3-7-16-9-11;1-11(2)8-5-3-7(4-6-8)9(10)12/h1-9H,10H2,(H,18,19);3-6H,1-2H3,(H2,10,12). The highest BCUT2D eigenvalue weighted by atomic mass is 16.4. The van der Waals surface area contributed by atoms with Crippen LogP contribution in [0.15, 0.2) is 79.1 Å². The van der Waals surface area contributed by atoms with Crippen LogP contribution in [0.3, 0.4) is 0 Å². The molecule has 0 aliphatic heterocycles. The molecule has 4 aromatic rings. The predicted octanol–water partition coefficient (Wildman–Crippen LogP) is 3.63. The number of aromatic carboxylic acids is 1. The molecule has 31 heavy (non-hydrogen) atoms. The second-order valence-corrected chi connectivity index (χ2v) is 7.15. The van der Waals surface area contributed by atoms with E-state index in [0.717, 1.165) is 22.2 Å². The van der Waals surface area contributed by atoms with Gasteiger partial charge in [-0.25, -0.2) is 4.79 Å². The molecular formula is C24H24N4O3. The van der Waals surface area contributed by atoms with Crippen LogP contribution in [-0.2, 0) is 6.54 Å². The molecule has 2 aromatic carbocycles. The van der Waals surface area contributed by atoms with Crippen LogP contribution in [0.25, 0.3) is 10.9 Å². The number of nitrogens with zero attached hydrogens (tertiary/aromatic N) is 3. The lowest BCUT2D eigenvalue weighted by atomic mass is 10.2. The topological polar surface area (TPSA) is 101 Å². The Morgan fingerprint density at radius 1 is 1.03 bits per heavy atom. The number of carbonyl (C=O) groups is 2. The minimum atomic E-state index is -0.917. The van der Waals surface area contributed by atoms with E-state index in [1.165, 1.54) is 0 Å². The van der Waals surface area contributed by atoms with Crippen molar-refractivity contribution in [2.24, 2.45) is 5.73 Å². The summed E-state index contributed by atoms with van der Waals surface area (Å²) in [5.41, 5.74) is 8.88. The number of hydrogen-bond acceptors (Lipinski definition) is 4. The van der Waals surface area contributed by atoms with E-state index in [0.29, 0.717) is 17.8 Å². The van der Waals surface area contributed by atoms with Crippen molar-refractivity contribution in [3.63, 3.8) is 0 Å². The number of amides is 1. The third kappa shape index (κ3) is 5.27. The van der Waals surface area contributed by atoms with E-state index in [4.69, 9.17) is 5.73 Å². The van der Waals surface area contributed by atoms with Gasteiger partial charge < -0.3 is 20.3 Å². The number of primary amides is 1. The van der Waals surface area contributed by atoms with E-state index in [1.54, 1.807) is 35.2 Å². The molecule has 4 rings (SSSR count). The highest BCUT2D eigenvalue weighted by Gasteiger charge is 2.14. The minimum Gasteiger partial charge on any atom is -0.477 e. The number of benzene rings is 2. The van der Waals surface area contributed by atoms with Crippen molar-refractivity contribution < 1.29 is 14.7 Å². The van der Waals surface area contributed by atoms with Crippen molar-refractivity contribution in [3.8, 4) is 0 Å². The molecule has 2 aromatic heterocycles. The number of carboxylic acid groups (broad SMARTS) is 1. The number of pyridine rings is 1. The van der Waals surface area contributed by atoms with E-state index in [2.05, 4.69) is 4.98 Å². The molecule has 0 spiro atoms. The summed E-state index contributed by atoms with van der Waals surface area (Å²) >= 11 is 0. The predicted molar refractivity (Wildman–Crippen MR) is 122 cm³/mol. The SMILES string of the molecule is CN(C)c1ccc(C(N)=O)cc1.O=C(O)c1cc2ccccc2n1Cc1cccnc1. The summed E-state index contributed by atoms with van der Waals surface area (Å²) in [6.45, 7) is 0.503. The van der Waals surface area contributed by atoms with Crippen molar-refractivity contribution in [1.29, 1.82) is 0 Å². The molecule has 7 nitrogen and oxygen atoms in total. The monoisotopic (exact) mass is 416 g/mol. The highest BCUT2D eigenvalue weighted by Crippen LogP contribution is 2.21. The summed E-state index contributed by atoms with van der Waals surface area (Å²) < 4.78 is 1.80. The molecule has 0 aliphatic rings. The molecule has 0 bridgehead atoms. The van der Waals surface area contributed by atoms with Gasteiger partial charge in [-0.2, -0.15) is 0 Å². The number of para-hydroxylation sites is 1. The van der Waals surface area contributed by atoms with Crippen LogP contribution in [0, 0.1) is 0 Å². The van der Waals surface area contributed by atoms with Crippen LogP contribution >= 0.6 is 0 Å². The third-order valence-electron chi connectivity index (χ3n) is 4.76. The molecule has 0 atom stereocenters. The number of carboxylic acids is 1. The molecule has 0 unspecified atom stereocenters. The lowest BCUT2D eigenvalue weighted by Gasteiger charge is -2.11. The van der Waals surface area contributed by atoms with Gasteiger partial charge in [0.25, 0.3) is 0 Å². The van der Waals surface area contributed by atoms with E-state index >= 15 is 0 Å². The Morgan fingerprint density at radius 2 is 1.74 bits per heavy atom. The van der Waals surface area contributed by atoms with Gasteiger partial charge in [0, 0.05) is 55.2 Å². The zero-order valence-electron chi connectivity index (χ0n) is 17.4. The van der Waals surface area contributed by atoms with E-state index in [1.807, 2.05) is 67.5 Å². The van der Waals surface area contributed by atoms with Crippen LogP contribution in [-0.4, -0.2) is 40.6 Å². The summed E-state index contributed by atoms with van der Waals surface area (Å²) in [6.07, 6.45) is 3.45. The molecule has 0 saturated heterocycles. The smallest absolute Gasteiger partial charge is 0.352 e. The number of nitrogens with two attached hydrogens (primary N) is 1. The van der Waals surface area contributed by atoms with Crippen LogP contribution in [0.1, 0.15) is 26.4 Å². The highest BCUT2D eigenvalue weighted by molar-refractivity contribution is 5.94. The molecule has 0 saturated carbocycles. The van der Waals surface area contributed by atoms with Crippen LogP contribution in [0.4, 0.5) is 5.69 Å². The van der Waals surface area contributed by atoms with Gasteiger partial charge >= 0.3 is 5.97 Å². The van der Waals surface area contributed by atoms with Crippen molar-refractivity contribution in [3.05, 3.63) is 95.9 Å². The zero-order chi connectivity index (χ0) is 22.4. The molecule has 0 aliphatic carbocycles. The quantitative estimate of drug-likeness (QED) is 0.517. The van der Waals surface area contributed by atoms with Gasteiger partial charge in [-0.15, -0.1) is 0 Å². The average molecular weight is 416 g/mol. The van der Waals surface area contributed by atoms with E-state index < -0.39 is 5.97 Å². The fourth-order valence-corrected chi connectivity index (χ4v) is 3.16. The van der Waals surface area contributed by atoms with Crippen molar-refractivity contribution in [2.75, 3.05) is 19.0 Å². The first-order chi connectivity index (χ1) is 14.9. The maximum Gasteiger partial charge on any atom is 0.352 e. The number of hydrogen-bond donors (Lipinski definition) is 2. The molecule has 2 heterocycles. The van der Waals surface area contributed by atoms with Crippen molar-refractivity contribution in [2.45, 2.75) is 6.54 Å². The second kappa shape index (κ2) is 9.58. The number of anilines is 1. The minimum absolute atomic E-state index is 0.296. The molecular weight excluding hydrogens is 392 g/mol. The fraction of sp³-hybridized carbons (Fsp3) is 0.125. The Hall–Kier alpha value is -4.13. The summed E-state index contributed by atoms with van der Waals surface area (Å²) in [4.78, 5) is 28.1. The summed E-state index contributed by atoms with van der Waals surface area (Å²) in [6, 6.07) is 20.3. The lowest BCUT2D eigenvalue weighted by Crippen LogP contribution is -2.12. The average Bonchev–Trinajstić information content (AvgIpc) is 3.14. The molecule has 1 amide bonds. The third-order valence-corrected chi connectivity index (χ3v) is 4.76. The van der Waals surface area contributed by atoms with Crippen LogP contribution < -0.4 is 10.6 Å². The number of carbonyl (C=O) groups excluding carboxylic acids is 1. The largest absolute Gasteiger partial charge is 0.477 e. The second-order valence-electron chi connectivity index (χ2n) is 7.15. The number of rotatable bonds is 5. The Balaban J connectivity index is 0.000000196.